The molecule has 3 aromatic rings. The zero-order valence-corrected chi connectivity index (χ0v) is 16.7. The summed E-state index contributed by atoms with van der Waals surface area (Å²) in [6.07, 6.45) is 0. The minimum absolute atomic E-state index is 0.139. The summed E-state index contributed by atoms with van der Waals surface area (Å²) < 4.78 is 6.83. The molecule has 1 amide bonds. The standard InChI is InChI=1S/C22H25N3O3/c1-5-28-17-12-10-16(11-13-17)14-24(4)22(27)20-18-8-6-7-9-19(18)21(26)25(23-20)15(2)3/h6-13,15H,5,14H2,1-4H3. The molecule has 146 valence electrons. The molecule has 0 atom stereocenters. The van der Waals surface area contributed by atoms with Gasteiger partial charge in [-0.15, -0.1) is 0 Å². The smallest absolute Gasteiger partial charge is 0.274 e. The Hall–Kier alpha value is -3.15. The lowest BCUT2D eigenvalue weighted by atomic mass is 10.1. The Labute approximate surface area is 164 Å². The Balaban J connectivity index is 1.94. The number of fused-ring (bicyclic) bond motifs is 1. The van der Waals surface area contributed by atoms with Gasteiger partial charge in [-0.2, -0.15) is 5.10 Å². The van der Waals surface area contributed by atoms with E-state index in [9.17, 15) is 9.59 Å². The van der Waals surface area contributed by atoms with Gasteiger partial charge in [0.2, 0.25) is 0 Å². The van der Waals surface area contributed by atoms with E-state index in [4.69, 9.17) is 4.74 Å². The van der Waals surface area contributed by atoms with Crippen LogP contribution in [0, 0.1) is 0 Å². The molecular weight excluding hydrogens is 354 g/mol. The van der Waals surface area contributed by atoms with Crippen LogP contribution >= 0.6 is 0 Å². The fraction of sp³-hybridized carbons (Fsp3) is 0.318. The number of carbonyl (C=O) groups is 1. The van der Waals surface area contributed by atoms with E-state index >= 15 is 0 Å². The molecule has 3 rings (SSSR count). The van der Waals surface area contributed by atoms with Gasteiger partial charge in [-0.1, -0.05) is 30.3 Å². The first-order valence-corrected chi connectivity index (χ1v) is 9.41. The lowest BCUT2D eigenvalue weighted by molar-refractivity contribution is 0.0778. The molecule has 2 aromatic carbocycles. The minimum Gasteiger partial charge on any atom is -0.494 e. The van der Waals surface area contributed by atoms with Gasteiger partial charge in [0.15, 0.2) is 5.69 Å². The molecule has 0 unspecified atom stereocenters. The Kier molecular flexibility index (Phi) is 5.78. The van der Waals surface area contributed by atoms with Gasteiger partial charge in [-0.25, -0.2) is 4.68 Å². The number of amides is 1. The lowest BCUT2D eigenvalue weighted by Crippen LogP contribution is -2.32. The topological polar surface area (TPSA) is 64.4 Å². The van der Waals surface area contributed by atoms with E-state index in [0.717, 1.165) is 11.3 Å². The summed E-state index contributed by atoms with van der Waals surface area (Å²) in [5.41, 5.74) is 1.09. The van der Waals surface area contributed by atoms with E-state index in [1.54, 1.807) is 30.1 Å². The molecule has 0 aliphatic carbocycles. The number of carbonyl (C=O) groups excluding carboxylic acids is 1. The van der Waals surface area contributed by atoms with Crippen LogP contribution in [0.4, 0.5) is 0 Å². The summed E-state index contributed by atoms with van der Waals surface area (Å²) in [5.74, 6) is 0.580. The molecule has 0 saturated heterocycles. The van der Waals surface area contributed by atoms with Gasteiger partial charge >= 0.3 is 0 Å². The van der Waals surface area contributed by atoms with E-state index in [2.05, 4.69) is 5.10 Å². The van der Waals surface area contributed by atoms with E-state index in [1.165, 1.54) is 4.68 Å². The second kappa shape index (κ2) is 8.25. The highest BCUT2D eigenvalue weighted by Crippen LogP contribution is 2.18. The number of benzene rings is 2. The van der Waals surface area contributed by atoms with E-state index in [1.807, 2.05) is 51.1 Å². The van der Waals surface area contributed by atoms with Gasteiger partial charge in [0, 0.05) is 19.0 Å². The van der Waals surface area contributed by atoms with E-state index in [-0.39, 0.29) is 23.2 Å². The van der Waals surface area contributed by atoms with E-state index in [0.29, 0.717) is 23.9 Å². The van der Waals surface area contributed by atoms with Crippen molar-refractivity contribution in [3.8, 4) is 5.75 Å². The van der Waals surface area contributed by atoms with Crippen molar-refractivity contribution in [2.75, 3.05) is 13.7 Å². The lowest BCUT2D eigenvalue weighted by Gasteiger charge is -2.19. The van der Waals surface area contributed by atoms with Crippen LogP contribution in [0.15, 0.2) is 53.3 Å². The van der Waals surface area contributed by atoms with Crippen molar-refractivity contribution >= 4 is 16.7 Å². The first kappa shape index (κ1) is 19.6. The van der Waals surface area contributed by atoms with Gasteiger partial charge in [-0.05, 0) is 44.5 Å². The summed E-state index contributed by atoms with van der Waals surface area (Å²) in [4.78, 5) is 27.4. The van der Waals surface area contributed by atoms with Crippen LogP contribution in [-0.4, -0.2) is 34.2 Å². The number of rotatable bonds is 6. The third-order valence-electron chi connectivity index (χ3n) is 4.52. The number of hydrogen-bond donors (Lipinski definition) is 0. The maximum Gasteiger partial charge on any atom is 0.274 e. The van der Waals surface area contributed by atoms with Crippen molar-refractivity contribution < 1.29 is 9.53 Å². The summed E-state index contributed by atoms with van der Waals surface area (Å²) in [6.45, 7) is 6.74. The number of nitrogens with zero attached hydrogens (tertiary/aromatic N) is 3. The predicted octanol–water partition coefficient (Wildman–Crippen LogP) is 3.65. The van der Waals surface area contributed by atoms with Crippen LogP contribution in [0.2, 0.25) is 0 Å². The molecule has 0 bridgehead atoms. The van der Waals surface area contributed by atoms with Crippen LogP contribution in [0.1, 0.15) is 42.9 Å². The molecule has 0 fully saturated rings. The van der Waals surface area contributed by atoms with E-state index < -0.39 is 0 Å². The summed E-state index contributed by atoms with van der Waals surface area (Å²) in [7, 11) is 1.74. The third-order valence-corrected chi connectivity index (χ3v) is 4.52. The Morgan fingerprint density at radius 2 is 1.75 bits per heavy atom. The average molecular weight is 379 g/mol. The first-order valence-electron chi connectivity index (χ1n) is 9.41. The largest absolute Gasteiger partial charge is 0.494 e. The molecule has 0 aliphatic rings. The van der Waals surface area contributed by atoms with Crippen LogP contribution in [0.5, 0.6) is 5.75 Å². The molecule has 0 aliphatic heterocycles. The van der Waals surface area contributed by atoms with Gasteiger partial charge in [0.25, 0.3) is 11.5 Å². The summed E-state index contributed by atoms with van der Waals surface area (Å²) in [5, 5.41) is 5.47. The Morgan fingerprint density at radius 1 is 1.11 bits per heavy atom. The molecule has 6 nitrogen and oxygen atoms in total. The quantitative estimate of drug-likeness (QED) is 0.656. The van der Waals surface area contributed by atoms with Crippen LogP contribution in [0.25, 0.3) is 10.8 Å². The van der Waals surface area contributed by atoms with Crippen molar-refractivity contribution in [3.63, 3.8) is 0 Å². The number of aromatic nitrogens is 2. The van der Waals surface area contributed by atoms with Gasteiger partial charge < -0.3 is 9.64 Å². The normalized spacial score (nSPS) is 11.0. The number of ether oxygens (including phenoxy) is 1. The molecule has 0 N–H and O–H groups in total. The Morgan fingerprint density at radius 3 is 2.36 bits per heavy atom. The molecule has 6 heteroatoms. The maximum absolute atomic E-state index is 13.1. The van der Waals surface area contributed by atoms with Crippen LogP contribution in [0.3, 0.4) is 0 Å². The molecule has 0 spiro atoms. The first-order chi connectivity index (χ1) is 13.4. The highest BCUT2D eigenvalue weighted by atomic mass is 16.5. The second-order valence-electron chi connectivity index (χ2n) is 6.98. The predicted molar refractivity (Wildman–Crippen MR) is 110 cm³/mol. The fourth-order valence-electron chi connectivity index (χ4n) is 3.10. The molecule has 0 radical (unpaired) electrons. The fourth-order valence-corrected chi connectivity index (χ4v) is 3.10. The molecule has 0 saturated carbocycles. The third kappa shape index (κ3) is 3.91. The summed E-state index contributed by atoms with van der Waals surface area (Å²) in [6, 6.07) is 14.6. The number of hydrogen-bond acceptors (Lipinski definition) is 4. The van der Waals surface area contributed by atoms with Crippen molar-refractivity contribution in [2.24, 2.45) is 0 Å². The van der Waals surface area contributed by atoms with Gasteiger partial charge in [-0.3, -0.25) is 9.59 Å². The van der Waals surface area contributed by atoms with Gasteiger partial charge in [0.1, 0.15) is 5.75 Å². The van der Waals surface area contributed by atoms with Crippen molar-refractivity contribution in [3.05, 3.63) is 70.1 Å². The molecule has 28 heavy (non-hydrogen) atoms. The Bertz CT molecular complexity index is 1040. The average Bonchev–Trinajstić information content (AvgIpc) is 2.69. The SMILES string of the molecule is CCOc1ccc(CN(C)C(=O)c2nn(C(C)C)c(=O)c3ccccc23)cc1. The van der Waals surface area contributed by atoms with Gasteiger partial charge in [0.05, 0.1) is 18.0 Å². The van der Waals surface area contributed by atoms with Crippen LogP contribution < -0.4 is 10.3 Å². The van der Waals surface area contributed by atoms with Crippen molar-refractivity contribution in [1.29, 1.82) is 0 Å². The molecular formula is C22H25N3O3. The highest BCUT2D eigenvalue weighted by Gasteiger charge is 2.20. The second-order valence-corrected chi connectivity index (χ2v) is 6.98. The monoisotopic (exact) mass is 379 g/mol. The molecule has 1 heterocycles. The molecule has 1 aromatic heterocycles. The van der Waals surface area contributed by atoms with Crippen molar-refractivity contribution in [1.82, 2.24) is 14.7 Å². The van der Waals surface area contributed by atoms with Crippen molar-refractivity contribution in [2.45, 2.75) is 33.4 Å². The van der Waals surface area contributed by atoms with Crippen LogP contribution in [-0.2, 0) is 6.54 Å². The zero-order chi connectivity index (χ0) is 20.3. The highest BCUT2D eigenvalue weighted by molar-refractivity contribution is 6.04. The zero-order valence-electron chi connectivity index (χ0n) is 16.7. The maximum atomic E-state index is 13.1. The minimum atomic E-state index is -0.223. The summed E-state index contributed by atoms with van der Waals surface area (Å²) >= 11 is 0.